The summed E-state index contributed by atoms with van der Waals surface area (Å²) in [4.78, 5) is 15.2. The van der Waals surface area contributed by atoms with Crippen molar-refractivity contribution in [2.24, 2.45) is 5.92 Å². The number of aliphatic carboxylic acids is 1. The van der Waals surface area contributed by atoms with Gasteiger partial charge in [0.15, 0.2) is 0 Å². The van der Waals surface area contributed by atoms with E-state index in [2.05, 4.69) is 19.9 Å². The van der Waals surface area contributed by atoms with Crippen molar-refractivity contribution in [1.82, 2.24) is 15.2 Å². The maximum Gasteiger partial charge on any atom is 0.573 e. The lowest BCUT2D eigenvalue weighted by atomic mass is 9.74. The van der Waals surface area contributed by atoms with Crippen LogP contribution in [0.25, 0.3) is 28.1 Å². The van der Waals surface area contributed by atoms with Crippen LogP contribution in [-0.2, 0) is 4.79 Å². The number of hydrogen-bond acceptors (Lipinski definition) is 4. The number of rotatable bonds is 7. The number of aromatic nitrogens is 3. The monoisotopic (exact) mass is 557 g/mol. The third-order valence-corrected chi connectivity index (χ3v) is 6.79. The first-order chi connectivity index (χ1) is 18.6. The lowest BCUT2D eigenvalue weighted by Crippen LogP contribution is -2.18. The Morgan fingerprint density at radius 3 is 2.44 bits per heavy atom. The molecule has 5 rings (SSSR count). The predicted molar refractivity (Wildman–Crippen MR) is 138 cm³/mol. The van der Waals surface area contributed by atoms with Crippen LogP contribution in [0.15, 0.2) is 60.8 Å². The van der Waals surface area contributed by atoms with Crippen molar-refractivity contribution < 1.29 is 32.2 Å². The summed E-state index contributed by atoms with van der Waals surface area (Å²) in [6, 6.07) is 13.2. The number of allylic oxidation sites excluding steroid dienone is 1. The number of carbonyl (C=O) groups is 1. The number of pyridine rings is 1. The number of nitrogens with one attached hydrogen (secondary N) is 1. The summed E-state index contributed by atoms with van der Waals surface area (Å²) in [6.07, 6.45) is 1.11. The normalized spacial score (nSPS) is 14.9. The van der Waals surface area contributed by atoms with Gasteiger partial charge in [-0.2, -0.15) is 9.49 Å². The van der Waals surface area contributed by atoms with E-state index < -0.39 is 24.0 Å². The highest BCUT2D eigenvalue weighted by Gasteiger charge is 2.33. The summed E-state index contributed by atoms with van der Waals surface area (Å²) in [5.74, 6) is -2.23. The molecule has 2 aromatic carbocycles. The molecule has 2 aromatic heterocycles. The predicted octanol–water partition coefficient (Wildman–Crippen LogP) is 7.51. The Bertz CT molecular complexity index is 1610. The Morgan fingerprint density at radius 1 is 1.10 bits per heavy atom. The zero-order valence-corrected chi connectivity index (χ0v) is 20.9. The summed E-state index contributed by atoms with van der Waals surface area (Å²) in [6.45, 7) is 0. The molecule has 2 N–H and O–H groups in total. The number of carboxylic acids is 1. The molecule has 0 saturated heterocycles. The number of alkyl halides is 3. The van der Waals surface area contributed by atoms with Gasteiger partial charge in [0.1, 0.15) is 5.75 Å². The number of fused-ring (bicyclic) bond motifs is 1. The maximum absolute atomic E-state index is 14.5. The van der Waals surface area contributed by atoms with Crippen LogP contribution in [-0.4, -0.2) is 32.6 Å². The van der Waals surface area contributed by atoms with Crippen LogP contribution < -0.4 is 4.74 Å². The maximum atomic E-state index is 14.5. The number of halogens is 5. The summed E-state index contributed by atoms with van der Waals surface area (Å²) in [7, 11) is 0. The van der Waals surface area contributed by atoms with Crippen molar-refractivity contribution in [3.63, 3.8) is 0 Å². The van der Waals surface area contributed by atoms with E-state index in [-0.39, 0.29) is 16.3 Å². The van der Waals surface area contributed by atoms with E-state index in [1.165, 1.54) is 6.08 Å². The Labute approximate surface area is 224 Å². The zero-order chi connectivity index (χ0) is 27.7. The third kappa shape index (κ3) is 5.80. The molecule has 2 heterocycles. The fraction of sp³-hybridized carbons (Fsp3) is 0.179. The van der Waals surface area contributed by atoms with Crippen molar-refractivity contribution in [2.75, 3.05) is 0 Å². The number of hydrogen-bond donors (Lipinski definition) is 2. The van der Waals surface area contributed by atoms with Gasteiger partial charge in [-0.25, -0.2) is 4.79 Å². The molecule has 0 unspecified atom stereocenters. The highest BCUT2D eigenvalue weighted by Crippen LogP contribution is 2.47. The molecule has 0 radical (unpaired) electrons. The van der Waals surface area contributed by atoms with Gasteiger partial charge in [0.05, 0.1) is 27.8 Å². The van der Waals surface area contributed by atoms with E-state index in [1.807, 2.05) is 0 Å². The minimum atomic E-state index is -4.90. The Morgan fingerprint density at radius 2 is 1.82 bits per heavy atom. The lowest BCUT2D eigenvalue weighted by molar-refractivity contribution is -0.274. The molecule has 11 heteroatoms. The largest absolute Gasteiger partial charge is 0.573 e. The fourth-order valence-electron chi connectivity index (χ4n) is 4.56. The molecule has 0 bridgehead atoms. The van der Waals surface area contributed by atoms with Gasteiger partial charge in [-0.05, 0) is 64.8 Å². The zero-order valence-electron chi connectivity index (χ0n) is 20.1. The van der Waals surface area contributed by atoms with Gasteiger partial charge >= 0.3 is 12.3 Å². The molecular formula is C28H20ClF4N3O3. The first kappa shape index (κ1) is 26.4. The summed E-state index contributed by atoms with van der Waals surface area (Å²) in [5.41, 5.74) is 4.10. The minimum Gasteiger partial charge on any atom is -0.478 e. The second-order valence-corrected chi connectivity index (χ2v) is 9.44. The summed E-state index contributed by atoms with van der Waals surface area (Å²) in [5, 5.41) is 15.5. The van der Waals surface area contributed by atoms with Gasteiger partial charge in [-0.15, -0.1) is 13.2 Å². The minimum absolute atomic E-state index is 0.00383. The van der Waals surface area contributed by atoms with Gasteiger partial charge in [0, 0.05) is 12.1 Å². The van der Waals surface area contributed by atoms with Gasteiger partial charge in [-0.1, -0.05) is 48.4 Å². The van der Waals surface area contributed by atoms with Crippen LogP contribution in [0.4, 0.5) is 17.6 Å². The van der Waals surface area contributed by atoms with Crippen molar-refractivity contribution >= 4 is 45.7 Å². The Balaban J connectivity index is 1.73. The molecule has 0 spiro atoms. The molecule has 1 saturated carbocycles. The number of benzene rings is 2. The van der Waals surface area contributed by atoms with E-state index in [9.17, 15) is 22.4 Å². The smallest absolute Gasteiger partial charge is 0.478 e. The molecule has 6 nitrogen and oxygen atoms in total. The Kier molecular flexibility index (Phi) is 7.14. The Hall–Kier alpha value is -4.18. The van der Waals surface area contributed by atoms with Crippen LogP contribution in [0.3, 0.4) is 0 Å². The standard InChI is InChI=1S/C28H20ClF4N3O3/c29-21-13-19(39-28(31,32)33)14-34-26(21)25(16-2-1-3-16)24(17-7-4-15(5-8-17)6-11-23(37)38)18-9-10-22-20(12-18)27(30)36-35-22/h4-14,16H,1-3H2,(H,35,36)(H,37,38). The SMILES string of the molecule is O=C(O)C=Cc1ccc(C(=C(c2ncc(OC(F)(F)F)cc2Cl)C2CCC2)c2ccc3n[nH]c(F)c3c2)cc1. The summed E-state index contributed by atoms with van der Waals surface area (Å²) < 4.78 is 56.8. The molecule has 0 amide bonds. The molecule has 0 atom stereocenters. The van der Waals surface area contributed by atoms with E-state index in [4.69, 9.17) is 16.7 Å². The van der Waals surface area contributed by atoms with Crippen molar-refractivity contribution in [1.29, 1.82) is 0 Å². The van der Waals surface area contributed by atoms with Crippen LogP contribution in [0.5, 0.6) is 5.75 Å². The third-order valence-electron chi connectivity index (χ3n) is 6.50. The molecule has 1 aliphatic rings. The van der Waals surface area contributed by atoms with Crippen LogP contribution >= 0.6 is 11.6 Å². The van der Waals surface area contributed by atoms with E-state index in [0.717, 1.165) is 37.6 Å². The van der Waals surface area contributed by atoms with Gasteiger partial charge < -0.3 is 9.84 Å². The average molecular weight is 558 g/mol. The van der Waals surface area contributed by atoms with E-state index in [0.29, 0.717) is 39.0 Å². The van der Waals surface area contributed by atoms with Gasteiger partial charge in [0.2, 0.25) is 5.95 Å². The second-order valence-electron chi connectivity index (χ2n) is 9.03. The van der Waals surface area contributed by atoms with E-state index >= 15 is 0 Å². The average Bonchev–Trinajstić information content (AvgIpc) is 3.21. The van der Waals surface area contributed by atoms with Crippen molar-refractivity contribution in [2.45, 2.75) is 25.6 Å². The highest BCUT2D eigenvalue weighted by atomic mass is 35.5. The second kappa shape index (κ2) is 10.5. The molecule has 4 aromatic rings. The first-order valence-corrected chi connectivity index (χ1v) is 12.3. The van der Waals surface area contributed by atoms with Gasteiger partial charge in [-0.3, -0.25) is 10.1 Å². The molecule has 1 fully saturated rings. The molecule has 39 heavy (non-hydrogen) atoms. The van der Waals surface area contributed by atoms with Crippen LogP contribution in [0.1, 0.15) is 41.6 Å². The molecule has 1 aliphatic carbocycles. The molecule has 200 valence electrons. The van der Waals surface area contributed by atoms with E-state index in [1.54, 1.807) is 42.5 Å². The van der Waals surface area contributed by atoms with Crippen molar-refractivity contribution in [3.05, 3.63) is 94.2 Å². The van der Waals surface area contributed by atoms with Crippen molar-refractivity contribution in [3.8, 4) is 5.75 Å². The lowest BCUT2D eigenvalue weighted by Gasteiger charge is -2.31. The van der Waals surface area contributed by atoms with Crippen LogP contribution in [0.2, 0.25) is 5.02 Å². The molecular weight excluding hydrogens is 538 g/mol. The highest BCUT2D eigenvalue weighted by molar-refractivity contribution is 6.32. The summed E-state index contributed by atoms with van der Waals surface area (Å²) >= 11 is 6.51. The quantitative estimate of drug-likeness (QED) is 0.181. The number of nitrogens with zero attached hydrogens (tertiary/aromatic N) is 2. The first-order valence-electron chi connectivity index (χ1n) is 11.9. The van der Waals surface area contributed by atoms with Gasteiger partial charge in [0.25, 0.3) is 0 Å². The number of aromatic amines is 1. The topological polar surface area (TPSA) is 88.1 Å². The number of H-pyrrole nitrogens is 1. The number of ether oxygens (including phenoxy) is 1. The number of carboxylic acid groups (broad SMARTS) is 1. The molecule has 0 aliphatic heterocycles. The fourth-order valence-corrected chi connectivity index (χ4v) is 4.82. The van der Waals surface area contributed by atoms with Crippen LogP contribution in [0, 0.1) is 11.9 Å².